The number of piperazine rings is 1. The molecule has 2 heterocycles. The van der Waals surface area contributed by atoms with Crippen molar-refractivity contribution in [2.75, 3.05) is 37.7 Å². The van der Waals surface area contributed by atoms with Crippen molar-refractivity contribution in [1.82, 2.24) is 9.80 Å². The van der Waals surface area contributed by atoms with Crippen LogP contribution >= 0.6 is 0 Å². The number of carbonyl (C=O) groups is 2. The van der Waals surface area contributed by atoms with Gasteiger partial charge >= 0.3 is 0 Å². The van der Waals surface area contributed by atoms with Gasteiger partial charge in [0.15, 0.2) is 6.61 Å². The number of hydrogen-bond donors (Lipinski definition) is 0. The first-order valence-electron chi connectivity index (χ1n) is 15.1. The maximum absolute atomic E-state index is 13.5. The molecule has 2 aliphatic heterocycles. The van der Waals surface area contributed by atoms with Gasteiger partial charge in [-0.2, -0.15) is 0 Å². The van der Waals surface area contributed by atoms with Gasteiger partial charge in [-0.15, -0.1) is 0 Å². The minimum absolute atomic E-state index is 0.0276. The summed E-state index contributed by atoms with van der Waals surface area (Å²) in [7, 11) is 0. The van der Waals surface area contributed by atoms with Gasteiger partial charge in [-0.1, -0.05) is 99.6 Å². The molecule has 0 radical (unpaired) electrons. The predicted molar refractivity (Wildman–Crippen MR) is 170 cm³/mol. The standard InChI is InChI=1S/C37H39N3O3/c1-37(2,3)31-18-19-33-32(24-31)40(34(41)26-43-33)25-27-14-16-30(17-15-27)36(42)39-22-20-38(21-23-39)35(28-10-6-4-7-11-28)29-12-8-5-9-13-29/h4-19,24,35H,20-23,25-26H2,1-3H3. The lowest BCUT2D eigenvalue weighted by molar-refractivity contribution is -0.121. The molecule has 1 fully saturated rings. The van der Waals surface area contributed by atoms with Crippen LogP contribution in [0.5, 0.6) is 5.75 Å². The molecule has 0 bridgehead atoms. The van der Waals surface area contributed by atoms with Crippen molar-refractivity contribution in [3.8, 4) is 5.75 Å². The monoisotopic (exact) mass is 573 g/mol. The zero-order chi connectivity index (χ0) is 30.0. The normalized spacial score (nSPS) is 15.8. The summed E-state index contributed by atoms with van der Waals surface area (Å²) in [6.07, 6.45) is 0. The van der Waals surface area contributed by atoms with E-state index in [0.29, 0.717) is 25.2 Å². The molecule has 0 saturated carbocycles. The summed E-state index contributed by atoms with van der Waals surface area (Å²) in [4.78, 5) is 32.6. The molecule has 0 unspecified atom stereocenters. The Morgan fingerprint density at radius 2 is 1.40 bits per heavy atom. The summed E-state index contributed by atoms with van der Waals surface area (Å²) in [6, 6.07) is 35.1. The van der Waals surface area contributed by atoms with Gasteiger partial charge in [-0.25, -0.2) is 0 Å². The van der Waals surface area contributed by atoms with Crippen LogP contribution in [0.3, 0.4) is 0 Å². The molecular formula is C37H39N3O3. The van der Waals surface area contributed by atoms with Crippen LogP contribution in [0.15, 0.2) is 103 Å². The molecule has 0 spiro atoms. The second-order valence-electron chi connectivity index (χ2n) is 12.5. The summed E-state index contributed by atoms with van der Waals surface area (Å²) in [5.74, 6) is 0.700. The van der Waals surface area contributed by atoms with Gasteiger partial charge in [0.25, 0.3) is 11.8 Å². The zero-order valence-electron chi connectivity index (χ0n) is 25.2. The Balaban J connectivity index is 1.12. The van der Waals surface area contributed by atoms with Crippen LogP contribution in [-0.2, 0) is 16.8 Å². The minimum atomic E-state index is -0.0686. The van der Waals surface area contributed by atoms with Gasteiger partial charge < -0.3 is 14.5 Å². The first-order valence-corrected chi connectivity index (χ1v) is 15.1. The highest BCUT2D eigenvalue weighted by atomic mass is 16.5. The lowest BCUT2D eigenvalue weighted by Crippen LogP contribution is -2.49. The Morgan fingerprint density at radius 3 is 1.98 bits per heavy atom. The average molecular weight is 574 g/mol. The molecule has 6 heteroatoms. The Morgan fingerprint density at radius 1 is 0.791 bits per heavy atom. The largest absolute Gasteiger partial charge is 0.482 e. The molecule has 0 atom stereocenters. The van der Waals surface area contributed by atoms with E-state index in [1.54, 1.807) is 4.90 Å². The van der Waals surface area contributed by atoms with Gasteiger partial charge in [0.05, 0.1) is 18.3 Å². The molecule has 6 rings (SSSR count). The maximum Gasteiger partial charge on any atom is 0.265 e. The fraction of sp³-hybridized carbons (Fsp3) is 0.297. The van der Waals surface area contributed by atoms with Crippen molar-refractivity contribution in [3.05, 3.63) is 131 Å². The summed E-state index contributed by atoms with van der Waals surface area (Å²) in [6.45, 7) is 9.87. The van der Waals surface area contributed by atoms with E-state index in [9.17, 15) is 9.59 Å². The Hall–Kier alpha value is -4.42. The lowest BCUT2D eigenvalue weighted by Gasteiger charge is -2.39. The van der Waals surface area contributed by atoms with Crippen molar-refractivity contribution in [1.29, 1.82) is 0 Å². The van der Waals surface area contributed by atoms with Crippen molar-refractivity contribution in [3.63, 3.8) is 0 Å². The Labute approximate surface area is 254 Å². The summed E-state index contributed by atoms with van der Waals surface area (Å²) in [5, 5.41) is 0. The quantitative estimate of drug-likeness (QED) is 0.266. The third-order valence-corrected chi connectivity index (χ3v) is 8.51. The van der Waals surface area contributed by atoms with Crippen molar-refractivity contribution < 1.29 is 14.3 Å². The van der Waals surface area contributed by atoms with E-state index in [1.807, 2.05) is 47.4 Å². The summed E-state index contributed by atoms with van der Waals surface area (Å²) < 4.78 is 5.72. The van der Waals surface area contributed by atoms with Crippen molar-refractivity contribution >= 4 is 17.5 Å². The smallest absolute Gasteiger partial charge is 0.265 e. The van der Waals surface area contributed by atoms with Crippen LogP contribution in [0.25, 0.3) is 0 Å². The maximum atomic E-state index is 13.5. The van der Waals surface area contributed by atoms with Gasteiger partial charge in [0, 0.05) is 31.7 Å². The Kier molecular flexibility index (Phi) is 8.04. The molecule has 43 heavy (non-hydrogen) atoms. The highest BCUT2D eigenvalue weighted by Gasteiger charge is 2.30. The summed E-state index contributed by atoms with van der Waals surface area (Å²) >= 11 is 0. The second kappa shape index (κ2) is 12.1. The fourth-order valence-electron chi connectivity index (χ4n) is 6.03. The molecule has 2 aliphatic rings. The number of amides is 2. The van der Waals surface area contributed by atoms with E-state index in [4.69, 9.17) is 4.74 Å². The van der Waals surface area contributed by atoms with E-state index in [1.165, 1.54) is 11.1 Å². The van der Waals surface area contributed by atoms with Crippen LogP contribution in [-0.4, -0.2) is 54.4 Å². The average Bonchev–Trinajstić information content (AvgIpc) is 3.03. The van der Waals surface area contributed by atoms with Crippen LogP contribution in [0, 0.1) is 0 Å². The van der Waals surface area contributed by atoms with Gasteiger partial charge in [-0.05, 0) is 51.9 Å². The highest BCUT2D eigenvalue weighted by molar-refractivity contribution is 5.98. The number of rotatable bonds is 6. The van der Waals surface area contributed by atoms with Gasteiger partial charge in [0.2, 0.25) is 0 Å². The molecule has 220 valence electrons. The van der Waals surface area contributed by atoms with E-state index >= 15 is 0 Å². The molecule has 0 N–H and O–H groups in total. The molecule has 4 aromatic rings. The highest BCUT2D eigenvalue weighted by Crippen LogP contribution is 2.37. The van der Waals surface area contributed by atoms with E-state index in [-0.39, 0.29) is 29.9 Å². The number of benzene rings is 4. The molecular weight excluding hydrogens is 534 g/mol. The molecule has 4 aromatic carbocycles. The number of fused-ring (bicyclic) bond motifs is 1. The third kappa shape index (κ3) is 6.20. The van der Waals surface area contributed by atoms with Crippen LogP contribution in [0.1, 0.15) is 59.4 Å². The van der Waals surface area contributed by atoms with E-state index in [2.05, 4.69) is 86.3 Å². The van der Waals surface area contributed by atoms with Crippen molar-refractivity contribution in [2.24, 2.45) is 0 Å². The first kappa shape index (κ1) is 28.7. The minimum Gasteiger partial charge on any atom is -0.482 e. The predicted octanol–water partition coefficient (Wildman–Crippen LogP) is 6.46. The number of carbonyl (C=O) groups excluding carboxylic acids is 2. The van der Waals surface area contributed by atoms with E-state index < -0.39 is 0 Å². The van der Waals surface area contributed by atoms with Gasteiger partial charge in [0.1, 0.15) is 5.75 Å². The Bertz CT molecular complexity index is 1530. The zero-order valence-corrected chi connectivity index (χ0v) is 25.2. The molecule has 1 saturated heterocycles. The third-order valence-electron chi connectivity index (χ3n) is 8.51. The first-order chi connectivity index (χ1) is 20.8. The second-order valence-corrected chi connectivity index (χ2v) is 12.5. The van der Waals surface area contributed by atoms with Gasteiger partial charge in [-0.3, -0.25) is 14.5 Å². The molecule has 0 aliphatic carbocycles. The number of ether oxygens (including phenoxy) is 1. The number of anilines is 1. The molecule has 0 aromatic heterocycles. The SMILES string of the molecule is CC(C)(C)c1ccc2c(c1)N(Cc1ccc(C(=O)N3CCN(C(c4ccccc4)c4ccccc4)CC3)cc1)C(=O)CO2. The van der Waals surface area contributed by atoms with Crippen LogP contribution in [0.4, 0.5) is 5.69 Å². The number of nitrogens with zero attached hydrogens (tertiary/aromatic N) is 3. The lowest BCUT2D eigenvalue weighted by atomic mass is 9.86. The molecule has 2 amide bonds. The van der Waals surface area contributed by atoms with Crippen LogP contribution < -0.4 is 9.64 Å². The van der Waals surface area contributed by atoms with Crippen LogP contribution in [0.2, 0.25) is 0 Å². The summed E-state index contributed by atoms with van der Waals surface area (Å²) in [5.41, 5.74) is 6.07. The number of hydrogen-bond acceptors (Lipinski definition) is 4. The molecule has 6 nitrogen and oxygen atoms in total. The topological polar surface area (TPSA) is 53.1 Å². The fourth-order valence-corrected chi connectivity index (χ4v) is 6.03. The van der Waals surface area contributed by atoms with E-state index in [0.717, 1.165) is 35.7 Å². The van der Waals surface area contributed by atoms with Crippen molar-refractivity contribution in [2.45, 2.75) is 38.8 Å².